The predicted octanol–water partition coefficient (Wildman–Crippen LogP) is 3.92. The van der Waals surface area contributed by atoms with E-state index in [1.165, 1.54) is 38.5 Å². The van der Waals surface area contributed by atoms with Gasteiger partial charge in [-0.15, -0.1) is 0 Å². The number of methoxy groups -OCH3 is 2. The van der Waals surface area contributed by atoms with E-state index >= 15 is 0 Å². The molecule has 10 heteroatoms. The minimum atomic E-state index is -1.18. The number of ether oxygens (including phenoxy) is 2. The van der Waals surface area contributed by atoms with E-state index in [-0.39, 0.29) is 22.3 Å². The van der Waals surface area contributed by atoms with Crippen LogP contribution >= 0.6 is 0 Å². The Morgan fingerprint density at radius 3 is 2.52 bits per heavy atom. The SMILES string of the molecule is COc1ccc(-c2cc(C(=O)O)c3c(-c4cccc([N+](=O)[O-])c4)[nH]nc3n2)cc1OC. The van der Waals surface area contributed by atoms with Crippen LogP contribution in [0.5, 0.6) is 11.5 Å². The molecule has 0 spiro atoms. The molecule has 4 rings (SSSR count). The number of nitrogens with zero attached hydrogens (tertiary/aromatic N) is 3. The van der Waals surface area contributed by atoms with Crippen LogP contribution in [0.15, 0.2) is 48.5 Å². The predicted molar refractivity (Wildman–Crippen MR) is 111 cm³/mol. The van der Waals surface area contributed by atoms with E-state index in [9.17, 15) is 20.0 Å². The largest absolute Gasteiger partial charge is 0.493 e. The summed E-state index contributed by atoms with van der Waals surface area (Å²) in [7, 11) is 3.02. The van der Waals surface area contributed by atoms with Crippen molar-refractivity contribution in [2.24, 2.45) is 0 Å². The van der Waals surface area contributed by atoms with Gasteiger partial charge in [0.2, 0.25) is 0 Å². The molecule has 10 nitrogen and oxygen atoms in total. The third kappa shape index (κ3) is 3.50. The molecule has 0 aliphatic carbocycles. The number of aromatic nitrogens is 3. The monoisotopic (exact) mass is 420 g/mol. The number of nitro benzene ring substituents is 1. The second-order valence-electron chi connectivity index (χ2n) is 6.53. The summed E-state index contributed by atoms with van der Waals surface area (Å²) in [5.74, 6) is -0.182. The second kappa shape index (κ2) is 7.75. The van der Waals surface area contributed by atoms with Crippen LogP contribution in [0.2, 0.25) is 0 Å². The van der Waals surface area contributed by atoms with Gasteiger partial charge in [0, 0.05) is 23.3 Å². The first-order valence-corrected chi connectivity index (χ1v) is 9.02. The van der Waals surface area contributed by atoms with Gasteiger partial charge in [-0.05, 0) is 24.3 Å². The summed E-state index contributed by atoms with van der Waals surface area (Å²) in [5, 5.41) is 28.1. The maximum Gasteiger partial charge on any atom is 0.336 e. The smallest absolute Gasteiger partial charge is 0.336 e. The molecule has 0 atom stereocenters. The highest BCUT2D eigenvalue weighted by molar-refractivity contribution is 6.08. The number of hydrogen-bond donors (Lipinski definition) is 2. The van der Waals surface area contributed by atoms with Gasteiger partial charge in [-0.1, -0.05) is 12.1 Å². The molecule has 0 fully saturated rings. The molecule has 0 bridgehead atoms. The molecular formula is C21H16N4O6. The Bertz CT molecular complexity index is 1330. The first kappa shape index (κ1) is 19.8. The Balaban J connectivity index is 1.91. The van der Waals surface area contributed by atoms with E-state index in [4.69, 9.17) is 9.47 Å². The van der Waals surface area contributed by atoms with Crippen LogP contribution in [0.4, 0.5) is 5.69 Å². The van der Waals surface area contributed by atoms with Crippen molar-refractivity contribution < 1.29 is 24.3 Å². The number of aromatic amines is 1. The minimum Gasteiger partial charge on any atom is -0.493 e. The Kier molecular flexibility index (Phi) is 4.96. The van der Waals surface area contributed by atoms with Crippen molar-refractivity contribution in [2.75, 3.05) is 14.2 Å². The van der Waals surface area contributed by atoms with Crippen molar-refractivity contribution in [3.05, 3.63) is 64.2 Å². The maximum absolute atomic E-state index is 12.1. The number of benzene rings is 2. The number of carboxylic acids is 1. The number of fused-ring (bicyclic) bond motifs is 1. The standard InChI is InChI=1S/C21H16N4O6/c1-30-16-7-6-11(9-17(16)31-2)15-10-14(21(26)27)18-19(23-24-20(18)22-15)12-4-3-5-13(8-12)25(28)29/h3-10H,1-2H3,(H,26,27)(H,22,23,24). The molecule has 31 heavy (non-hydrogen) atoms. The summed E-state index contributed by atoms with van der Waals surface area (Å²) < 4.78 is 10.5. The highest BCUT2D eigenvalue weighted by Gasteiger charge is 2.21. The number of carbonyl (C=O) groups is 1. The number of carboxylic acid groups (broad SMARTS) is 1. The fourth-order valence-corrected chi connectivity index (χ4v) is 3.32. The molecule has 2 N–H and O–H groups in total. The van der Waals surface area contributed by atoms with Crippen LogP contribution in [0.1, 0.15) is 10.4 Å². The quantitative estimate of drug-likeness (QED) is 0.353. The lowest BCUT2D eigenvalue weighted by Gasteiger charge is -2.10. The number of aromatic carboxylic acids is 1. The number of hydrogen-bond acceptors (Lipinski definition) is 7. The van der Waals surface area contributed by atoms with Crippen molar-refractivity contribution >= 4 is 22.7 Å². The zero-order chi connectivity index (χ0) is 22.1. The zero-order valence-corrected chi connectivity index (χ0v) is 16.4. The molecular weight excluding hydrogens is 404 g/mol. The molecule has 4 aromatic rings. The van der Waals surface area contributed by atoms with Gasteiger partial charge in [0.25, 0.3) is 5.69 Å². The minimum absolute atomic E-state index is 0.0370. The number of H-pyrrole nitrogens is 1. The number of pyridine rings is 1. The Morgan fingerprint density at radius 1 is 1.06 bits per heavy atom. The Morgan fingerprint density at radius 2 is 1.84 bits per heavy atom. The molecule has 0 unspecified atom stereocenters. The summed E-state index contributed by atoms with van der Waals surface area (Å²) in [6.45, 7) is 0. The van der Waals surface area contributed by atoms with E-state index in [2.05, 4.69) is 15.2 Å². The molecule has 0 radical (unpaired) electrons. The summed E-state index contributed by atoms with van der Waals surface area (Å²) in [6.07, 6.45) is 0. The van der Waals surface area contributed by atoms with E-state index < -0.39 is 10.9 Å². The number of rotatable bonds is 6. The van der Waals surface area contributed by atoms with E-state index in [1.54, 1.807) is 24.3 Å². The average molecular weight is 420 g/mol. The fraction of sp³-hybridized carbons (Fsp3) is 0.0952. The van der Waals surface area contributed by atoms with Gasteiger partial charge in [-0.3, -0.25) is 15.2 Å². The number of non-ortho nitro benzene ring substituents is 1. The topological polar surface area (TPSA) is 140 Å². The summed E-state index contributed by atoms with van der Waals surface area (Å²) in [4.78, 5) is 27.1. The highest BCUT2D eigenvalue weighted by atomic mass is 16.6. The number of nitrogens with one attached hydrogen (secondary N) is 1. The van der Waals surface area contributed by atoms with Crippen molar-refractivity contribution in [1.82, 2.24) is 15.2 Å². The van der Waals surface area contributed by atoms with Crippen LogP contribution in [0, 0.1) is 10.1 Å². The lowest BCUT2D eigenvalue weighted by atomic mass is 10.0. The van der Waals surface area contributed by atoms with Crippen LogP contribution in [-0.4, -0.2) is 45.4 Å². The molecule has 2 aromatic carbocycles. The van der Waals surface area contributed by atoms with Crippen LogP contribution in [0.3, 0.4) is 0 Å². The lowest BCUT2D eigenvalue weighted by Crippen LogP contribution is -2.00. The molecule has 156 valence electrons. The summed E-state index contributed by atoms with van der Waals surface area (Å²) >= 11 is 0. The lowest BCUT2D eigenvalue weighted by molar-refractivity contribution is -0.384. The molecule has 0 saturated heterocycles. The Hall–Kier alpha value is -4.47. The summed E-state index contributed by atoms with van der Waals surface area (Å²) in [5.41, 5.74) is 1.77. The van der Waals surface area contributed by atoms with Crippen LogP contribution in [-0.2, 0) is 0 Å². The van der Waals surface area contributed by atoms with Gasteiger partial charge in [0.1, 0.15) is 0 Å². The van der Waals surface area contributed by atoms with Crippen molar-refractivity contribution in [3.63, 3.8) is 0 Å². The van der Waals surface area contributed by atoms with Crippen molar-refractivity contribution in [3.8, 4) is 34.0 Å². The third-order valence-corrected chi connectivity index (χ3v) is 4.78. The normalized spacial score (nSPS) is 10.8. The van der Waals surface area contributed by atoms with Gasteiger partial charge in [0.15, 0.2) is 17.1 Å². The van der Waals surface area contributed by atoms with E-state index in [0.29, 0.717) is 34.0 Å². The van der Waals surface area contributed by atoms with Gasteiger partial charge in [0.05, 0.1) is 41.5 Å². The van der Waals surface area contributed by atoms with Gasteiger partial charge in [-0.25, -0.2) is 9.78 Å². The molecule has 0 saturated carbocycles. The van der Waals surface area contributed by atoms with Gasteiger partial charge in [-0.2, -0.15) is 5.10 Å². The van der Waals surface area contributed by atoms with E-state index in [1.807, 2.05) is 0 Å². The maximum atomic E-state index is 12.1. The second-order valence-corrected chi connectivity index (χ2v) is 6.53. The first-order chi connectivity index (χ1) is 14.9. The molecule has 2 heterocycles. The van der Waals surface area contributed by atoms with Crippen LogP contribution in [0.25, 0.3) is 33.5 Å². The third-order valence-electron chi connectivity index (χ3n) is 4.78. The highest BCUT2D eigenvalue weighted by Crippen LogP contribution is 2.35. The fourth-order valence-electron chi connectivity index (χ4n) is 3.32. The molecule has 0 aliphatic rings. The zero-order valence-electron chi connectivity index (χ0n) is 16.4. The molecule has 2 aromatic heterocycles. The molecule has 0 aliphatic heterocycles. The van der Waals surface area contributed by atoms with E-state index in [0.717, 1.165) is 0 Å². The van der Waals surface area contributed by atoms with Crippen molar-refractivity contribution in [2.45, 2.75) is 0 Å². The Labute approximate surface area is 175 Å². The summed E-state index contributed by atoms with van der Waals surface area (Å²) in [6, 6.07) is 12.4. The van der Waals surface area contributed by atoms with Crippen molar-refractivity contribution in [1.29, 1.82) is 0 Å². The average Bonchev–Trinajstić information content (AvgIpc) is 3.22. The molecule has 0 amide bonds. The van der Waals surface area contributed by atoms with Gasteiger partial charge >= 0.3 is 5.97 Å². The van der Waals surface area contributed by atoms with Gasteiger partial charge < -0.3 is 14.6 Å². The first-order valence-electron chi connectivity index (χ1n) is 9.02. The number of nitro groups is 1. The van der Waals surface area contributed by atoms with Crippen LogP contribution < -0.4 is 9.47 Å².